The average Bonchev–Trinajstić information content (AvgIpc) is 2.91. The predicted molar refractivity (Wildman–Crippen MR) is 143 cm³/mol. The minimum atomic E-state index is -1.33. The molecule has 0 spiro atoms. The summed E-state index contributed by atoms with van der Waals surface area (Å²) in [4.78, 5) is 17.6. The highest BCUT2D eigenvalue weighted by Gasteiger charge is 2.42. The van der Waals surface area contributed by atoms with Crippen LogP contribution < -0.4 is 11.5 Å². The normalized spacial score (nSPS) is 20.8. The van der Waals surface area contributed by atoms with Gasteiger partial charge in [-0.3, -0.25) is 4.90 Å². The number of rotatable bonds is 23. The summed E-state index contributed by atoms with van der Waals surface area (Å²) >= 11 is 0. The van der Waals surface area contributed by atoms with Crippen LogP contribution in [0.1, 0.15) is 27.2 Å². The standard InChI is InChI=1S/C25H48N4O10/c1-4-7-34-9-11-36-13-14-37-12-10-35-8-6-29(5-2)17-38-23(20(31)16-30)22-18(3)19(28-25(26)27)15-21(39-22)24(32)33/h15,18-20,22-23,30-31H,4-14,16-17H2,1-3H3,(H,32,33)(H4,26,27,28)/t18-,19+,20+,22-,23+/m0/s1. The molecule has 0 saturated heterocycles. The van der Waals surface area contributed by atoms with Crippen LogP contribution in [0.15, 0.2) is 16.8 Å². The lowest BCUT2D eigenvalue weighted by atomic mass is 9.87. The summed E-state index contributed by atoms with van der Waals surface area (Å²) in [6.07, 6.45) is -1.01. The highest BCUT2D eigenvalue weighted by Crippen LogP contribution is 2.30. The molecular formula is C25H48N4O10. The number of ether oxygens (including phenoxy) is 6. The number of likely N-dealkylation sites (N-methyl/N-ethyl adjacent to an activating group) is 1. The fraction of sp³-hybridized carbons (Fsp3) is 0.840. The van der Waals surface area contributed by atoms with Gasteiger partial charge < -0.3 is 55.2 Å². The molecule has 14 nitrogen and oxygen atoms in total. The second kappa shape index (κ2) is 20.8. The molecule has 1 aliphatic heterocycles. The first-order valence-corrected chi connectivity index (χ1v) is 13.4. The van der Waals surface area contributed by atoms with Crippen molar-refractivity contribution in [3.8, 4) is 0 Å². The predicted octanol–water partition coefficient (Wildman–Crippen LogP) is -0.874. The molecule has 0 aromatic rings. The highest BCUT2D eigenvalue weighted by atomic mass is 16.6. The van der Waals surface area contributed by atoms with E-state index in [-0.39, 0.29) is 18.4 Å². The quantitative estimate of drug-likeness (QED) is 0.0444. The van der Waals surface area contributed by atoms with Crippen LogP contribution in [0.5, 0.6) is 0 Å². The zero-order valence-electron chi connectivity index (χ0n) is 23.4. The van der Waals surface area contributed by atoms with E-state index in [2.05, 4.69) is 11.9 Å². The number of nitrogens with zero attached hydrogens (tertiary/aromatic N) is 2. The number of nitrogens with two attached hydrogens (primary N) is 2. The number of carboxylic acid groups (broad SMARTS) is 1. The molecule has 0 bridgehead atoms. The zero-order valence-corrected chi connectivity index (χ0v) is 23.4. The van der Waals surface area contributed by atoms with Gasteiger partial charge in [0.25, 0.3) is 0 Å². The Balaban J connectivity index is 2.47. The van der Waals surface area contributed by atoms with Crippen LogP contribution in [0, 0.1) is 5.92 Å². The van der Waals surface area contributed by atoms with Crippen LogP contribution >= 0.6 is 0 Å². The van der Waals surface area contributed by atoms with E-state index in [1.807, 2.05) is 11.8 Å². The van der Waals surface area contributed by atoms with Gasteiger partial charge in [0.1, 0.15) is 18.3 Å². The fourth-order valence-corrected chi connectivity index (χ4v) is 3.74. The molecule has 228 valence electrons. The summed E-state index contributed by atoms with van der Waals surface area (Å²) in [5.41, 5.74) is 11.0. The van der Waals surface area contributed by atoms with Gasteiger partial charge in [0.15, 0.2) is 5.96 Å². The molecular weight excluding hydrogens is 516 g/mol. The van der Waals surface area contributed by atoms with Crippen molar-refractivity contribution < 1.29 is 48.5 Å². The molecule has 0 fully saturated rings. The number of carboxylic acids is 1. The molecule has 0 aliphatic carbocycles. The van der Waals surface area contributed by atoms with Crippen molar-refractivity contribution in [1.82, 2.24) is 4.90 Å². The van der Waals surface area contributed by atoms with Crippen LogP contribution in [-0.4, -0.2) is 136 Å². The molecule has 39 heavy (non-hydrogen) atoms. The molecule has 7 N–H and O–H groups in total. The van der Waals surface area contributed by atoms with E-state index in [1.165, 1.54) is 6.08 Å². The van der Waals surface area contributed by atoms with Gasteiger partial charge in [0.2, 0.25) is 5.76 Å². The van der Waals surface area contributed by atoms with E-state index >= 15 is 0 Å². The molecule has 14 heteroatoms. The summed E-state index contributed by atoms with van der Waals surface area (Å²) in [6, 6.07) is -0.707. The number of aliphatic hydroxyl groups excluding tert-OH is 2. The van der Waals surface area contributed by atoms with Crippen molar-refractivity contribution in [3.63, 3.8) is 0 Å². The lowest BCUT2D eigenvalue weighted by Gasteiger charge is -2.39. The summed E-state index contributed by atoms with van der Waals surface area (Å²) in [7, 11) is 0. The fourth-order valence-electron chi connectivity index (χ4n) is 3.74. The lowest BCUT2D eigenvalue weighted by molar-refractivity contribution is -0.166. The first kappa shape index (κ1) is 35.0. The summed E-state index contributed by atoms with van der Waals surface area (Å²) in [5, 5.41) is 29.6. The molecule has 5 atom stereocenters. The number of carbonyl (C=O) groups is 1. The maximum Gasteiger partial charge on any atom is 0.370 e. The second-order valence-corrected chi connectivity index (χ2v) is 8.99. The van der Waals surface area contributed by atoms with E-state index in [0.717, 1.165) is 13.0 Å². The SMILES string of the molecule is CCCOCCOCCOCCOCCN(CC)CO[C@@H]([C@H]1OC(C(=O)O)=C[C@@H](N=C(N)N)[C@@H]1C)[C@H](O)CO. The first-order valence-electron chi connectivity index (χ1n) is 13.4. The Morgan fingerprint density at radius 2 is 1.62 bits per heavy atom. The maximum absolute atomic E-state index is 11.6. The Labute approximate surface area is 230 Å². The van der Waals surface area contributed by atoms with Crippen LogP contribution in [0.4, 0.5) is 0 Å². The van der Waals surface area contributed by atoms with Gasteiger partial charge in [0, 0.05) is 19.1 Å². The molecule has 0 unspecified atom stereocenters. The molecule has 1 rings (SSSR count). The van der Waals surface area contributed by atoms with Gasteiger partial charge in [0.05, 0.1) is 65.6 Å². The summed E-state index contributed by atoms with van der Waals surface area (Å²) in [6.45, 7) is 10.5. The van der Waals surface area contributed by atoms with E-state index in [4.69, 9.17) is 39.9 Å². The topological polar surface area (TPSA) is 201 Å². The van der Waals surface area contributed by atoms with Crippen molar-refractivity contribution in [2.45, 2.75) is 51.5 Å². The third-order valence-corrected chi connectivity index (χ3v) is 5.95. The average molecular weight is 565 g/mol. The monoisotopic (exact) mass is 564 g/mol. The van der Waals surface area contributed by atoms with Crippen molar-refractivity contribution in [1.29, 1.82) is 0 Å². The second-order valence-electron chi connectivity index (χ2n) is 8.99. The Morgan fingerprint density at radius 3 is 2.10 bits per heavy atom. The van der Waals surface area contributed by atoms with Gasteiger partial charge in [-0.1, -0.05) is 20.8 Å². The van der Waals surface area contributed by atoms with Gasteiger partial charge >= 0.3 is 5.97 Å². The first-order chi connectivity index (χ1) is 18.7. The van der Waals surface area contributed by atoms with Crippen LogP contribution in [-0.2, 0) is 33.2 Å². The molecule has 0 aromatic heterocycles. The molecule has 0 saturated carbocycles. The number of hydrogen-bond donors (Lipinski definition) is 5. The smallest absolute Gasteiger partial charge is 0.370 e. The summed E-state index contributed by atoms with van der Waals surface area (Å²) in [5.74, 6) is -2.33. The van der Waals surface area contributed by atoms with Crippen LogP contribution in [0.2, 0.25) is 0 Å². The van der Waals surface area contributed by atoms with E-state index in [0.29, 0.717) is 59.3 Å². The van der Waals surface area contributed by atoms with Crippen molar-refractivity contribution in [3.05, 3.63) is 11.8 Å². The third kappa shape index (κ3) is 14.2. The molecule has 1 heterocycles. The van der Waals surface area contributed by atoms with E-state index in [1.54, 1.807) is 6.92 Å². The minimum absolute atomic E-state index is 0.0864. The Kier molecular flexibility index (Phi) is 18.7. The number of guanidine groups is 1. The van der Waals surface area contributed by atoms with Gasteiger partial charge in [-0.05, 0) is 19.0 Å². The van der Waals surface area contributed by atoms with E-state index in [9.17, 15) is 20.1 Å². The van der Waals surface area contributed by atoms with E-state index < -0.39 is 42.8 Å². The highest BCUT2D eigenvalue weighted by molar-refractivity contribution is 5.85. The lowest BCUT2D eigenvalue weighted by Crippen LogP contribution is -2.52. The molecule has 0 aromatic carbocycles. The van der Waals surface area contributed by atoms with Gasteiger partial charge in [-0.25, -0.2) is 9.79 Å². The number of aliphatic imine (C=N–C) groups is 1. The number of hydrogen-bond acceptors (Lipinski definition) is 11. The maximum atomic E-state index is 11.6. The van der Waals surface area contributed by atoms with Crippen LogP contribution in [0.3, 0.4) is 0 Å². The third-order valence-electron chi connectivity index (χ3n) is 5.95. The van der Waals surface area contributed by atoms with Crippen LogP contribution in [0.25, 0.3) is 0 Å². The summed E-state index contributed by atoms with van der Waals surface area (Å²) < 4.78 is 33.5. The molecule has 1 aliphatic rings. The van der Waals surface area contributed by atoms with Gasteiger partial charge in [-0.15, -0.1) is 0 Å². The number of aliphatic hydroxyl groups is 2. The largest absolute Gasteiger partial charge is 0.480 e. The molecule has 0 radical (unpaired) electrons. The molecule has 0 amide bonds. The Morgan fingerprint density at radius 1 is 1.05 bits per heavy atom. The Bertz CT molecular complexity index is 723. The van der Waals surface area contributed by atoms with Crippen molar-refractivity contribution >= 4 is 11.9 Å². The van der Waals surface area contributed by atoms with Crippen molar-refractivity contribution in [2.24, 2.45) is 22.4 Å². The number of aliphatic carboxylic acids is 1. The Hall–Kier alpha value is -2.04. The minimum Gasteiger partial charge on any atom is -0.480 e. The zero-order chi connectivity index (χ0) is 29.0. The van der Waals surface area contributed by atoms with Crippen molar-refractivity contribution in [2.75, 3.05) is 79.3 Å². The van der Waals surface area contributed by atoms with Gasteiger partial charge in [-0.2, -0.15) is 0 Å².